The summed E-state index contributed by atoms with van der Waals surface area (Å²) in [4.78, 5) is 22.7. The van der Waals surface area contributed by atoms with Crippen molar-refractivity contribution in [2.24, 2.45) is 11.7 Å². The molecule has 2 N–H and O–H groups in total. The van der Waals surface area contributed by atoms with Gasteiger partial charge in [-0.2, -0.15) is 0 Å². The van der Waals surface area contributed by atoms with Crippen LogP contribution in [0, 0.1) is 5.92 Å². The first-order valence-corrected chi connectivity index (χ1v) is 7.49. The van der Waals surface area contributed by atoms with Crippen LogP contribution in [0.3, 0.4) is 0 Å². The molecule has 1 aliphatic rings. The van der Waals surface area contributed by atoms with E-state index in [0.29, 0.717) is 25.4 Å². The highest BCUT2D eigenvalue weighted by Crippen LogP contribution is 2.26. The Bertz CT molecular complexity index is 672. The Labute approximate surface area is 141 Å². The molecule has 0 unspecified atom stereocenters. The van der Waals surface area contributed by atoms with E-state index in [0.717, 1.165) is 17.0 Å². The summed E-state index contributed by atoms with van der Waals surface area (Å²) in [6.45, 7) is 4.98. The summed E-state index contributed by atoms with van der Waals surface area (Å²) >= 11 is 0. The van der Waals surface area contributed by atoms with Gasteiger partial charge in [-0.15, -0.1) is 12.4 Å². The number of aromatic nitrogens is 2. The summed E-state index contributed by atoms with van der Waals surface area (Å²) in [5.74, 6) is 1.50. The fourth-order valence-corrected chi connectivity index (χ4v) is 2.50. The first-order chi connectivity index (χ1) is 10.6. The van der Waals surface area contributed by atoms with Crippen LogP contribution < -0.4 is 5.73 Å². The molecule has 1 aliphatic heterocycles. The van der Waals surface area contributed by atoms with Gasteiger partial charge < -0.3 is 15.1 Å². The van der Waals surface area contributed by atoms with Crippen molar-refractivity contribution in [2.45, 2.75) is 32.9 Å². The maximum absolute atomic E-state index is 12.4. The zero-order valence-corrected chi connectivity index (χ0v) is 14.0. The van der Waals surface area contributed by atoms with Gasteiger partial charge in [0.15, 0.2) is 0 Å². The van der Waals surface area contributed by atoms with Gasteiger partial charge in [0.1, 0.15) is 11.5 Å². The minimum absolute atomic E-state index is 0. The van der Waals surface area contributed by atoms with Crippen molar-refractivity contribution in [1.82, 2.24) is 14.9 Å². The number of halogens is 1. The smallest absolute Gasteiger partial charge is 0.240 e. The lowest BCUT2D eigenvalue weighted by atomic mass is 10.0. The molecule has 0 saturated heterocycles. The lowest BCUT2D eigenvalue weighted by Crippen LogP contribution is -2.48. The number of fused-ring (bicyclic) bond motifs is 1. The van der Waals surface area contributed by atoms with Crippen molar-refractivity contribution in [3.63, 3.8) is 0 Å². The third-order valence-electron chi connectivity index (χ3n) is 3.95. The van der Waals surface area contributed by atoms with Crippen LogP contribution in [-0.2, 0) is 17.8 Å². The Morgan fingerprint density at radius 3 is 2.87 bits per heavy atom. The van der Waals surface area contributed by atoms with Gasteiger partial charge in [-0.3, -0.25) is 9.78 Å². The van der Waals surface area contributed by atoms with Crippen molar-refractivity contribution >= 4 is 18.3 Å². The Hall–Kier alpha value is -1.92. The standard InChI is InChI=1S/C16H20N4O2.ClH/c1-10(2)14(17)16(21)20-7-5-13-12(9-20)19-15(22-13)11-4-3-6-18-8-11;/h3-4,6,8,10,14H,5,7,9,17H2,1-2H3;1H/t14-;/m0./s1. The van der Waals surface area contributed by atoms with E-state index in [1.165, 1.54) is 0 Å². The number of nitrogens with two attached hydrogens (primary N) is 1. The first kappa shape index (κ1) is 17.4. The van der Waals surface area contributed by atoms with E-state index in [-0.39, 0.29) is 24.2 Å². The minimum atomic E-state index is -0.466. The molecule has 3 rings (SSSR count). The van der Waals surface area contributed by atoms with Crippen LogP contribution in [0.5, 0.6) is 0 Å². The van der Waals surface area contributed by atoms with Gasteiger partial charge in [0.05, 0.1) is 18.2 Å². The lowest BCUT2D eigenvalue weighted by molar-refractivity contribution is -0.134. The molecule has 0 radical (unpaired) electrons. The maximum Gasteiger partial charge on any atom is 0.240 e. The van der Waals surface area contributed by atoms with E-state index in [4.69, 9.17) is 10.2 Å². The molecule has 0 fully saturated rings. The molecule has 1 atom stereocenters. The largest absolute Gasteiger partial charge is 0.441 e. The number of rotatable bonds is 3. The topological polar surface area (TPSA) is 85.3 Å². The molecule has 2 aromatic heterocycles. The molecule has 0 saturated carbocycles. The van der Waals surface area contributed by atoms with Crippen LogP contribution in [0.4, 0.5) is 0 Å². The molecular weight excluding hydrogens is 316 g/mol. The number of amides is 1. The number of oxazole rings is 1. The Morgan fingerprint density at radius 1 is 1.43 bits per heavy atom. The second-order valence-corrected chi connectivity index (χ2v) is 5.91. The van der Waals surface area contributed by atoms with Crippen LogP contribution in [0.25, 0.3) is 11.5 Å². The Balaban J connectivity index is 0.00000192. The van der Waals surface area contributed by atoms with Gasteiger partial charge in [-0.25, -0.2) is 4.98 Å². The van der Waals surface area contributed by atoms with Gasteiger partial charge in [0.25, 0.3) is 0 Å². The zero-order chi connectivity index (χ0) is 15.7. The lowest BCUT2D eigenvalue weighted by Gasteiger charge is -2.29. The molecule has 0 spiro atoms. The summed E-state index contributed by atoms with van der Waals surface area (Å²) in [6, 6.07) is 3.28. The van der Waals surface area contributed by atoms with Gasteiger partial charge in [0.2, 0.25) is 11.8 Å². The van der Waals surface area contributed by atoms with Crippen LogP contribution >= 0.6 is 12.4 Å². The van der Waals surface area contributed by atoms with E-state index in [2.05, 4.69) is 9.97 Å². The zero-order valence-electron chi connectivity index (χ0n) is 13.2. The predicted molar refractivity (Wildman–Crippen MR) is 88.9 cm³/mol. The molecule has 6 nitrogen and oxygen atoms in total. The fraction of sp³-hybridized carbons (Fsp3) is 0.438. The summed E-state index contributed by atoms with van der Waals surface area (Å²) in [5, 5.41) is 0. The predicted octanol–water partition coefficient (Wildman–Crippen LogP) is 2.03. The second kappa shape index (κ2) is 7.10. The molecule has 0 aromatic carbocycles. The van der Waals surface area contributed by atoms with E-state index < -0.39 is 6.04 Å². The monoisotopic (exact) mass is 336 g/mol. The normalized spacial score (nSPS) is 15.0. The van der Waals surface area contributed by atoms with Crippen LogP contribution in [0.1, 0.15) is 25.3 Å². The molecule has 0 aliphatic carbocycles. The highest BCUT2D eigenvalue weighted by molar-refractivity contribution is 5.85. The van der Waals surface area contributed by atoms with Crippen LogP contribution in [0.2, 0.25) is 0 Å². The third-order valence-corrected chi connectivity index (χ3v) is 3.95. The van der Waals surface area contributed by atoms with Crippen molar-refractivity contribution in [2.75, 3.05) is 6.54 Å². The minimum Gasteiger partial charge on any atom is -0.441 e. The average molecular weight is 337 g/mol. The van der Waals surface area contributed by atoms with Crippen LogP contribution in [0.15, 0.2) is 28.9 Å². The van der Waals surface area contributed by atoms with Crippen molar-refractivity contribution in [3.05, 3.63) is 36.0 Å². The molecule has 124 valence electrons. The third kappa shape index (κ3) is 3.54. The highest BCUT2D eigenvalue weighted by atomic mass is 35.5. The first-order valence-electron chi connectivity index (χ1n) is 7.49. The molecule has 1 amide bonds. The molecule has 2 aromatic rings. The average Bonchev–Trinajstić information content (AvgIpc) is 2.97. The van der Waals surface area contributed by atoms with Gasteiger partial charge in [-0.05, 0) is 18.1 Å². The quantitative estimate of drug-likeness (QED) is 0.926. The molecule has 0 bridgehead atoms. The SMILES string of the molecule is CC(C)[C@H](N)C(=O)N1CCc2oc(-c3cccnc3)nc2C1.Cl. The highest BCUT2D eigenvalue weighted by Gasteiger charge is 2.29. The van der Waals surface area contributed by atoms with Crippen molar-refractivity contribution in [1.29, 1.82) is 0 Å². The second-order valence-electron chi connectivity index (χ2n) is 5.91. The van der Waals surface area contributed by atoms with Crippen molar-refractivity contribution < 1.29 is 9.21 Å². The Morgan fingerprint density at radius 2 is 2.22 bits per heavy atom. The number of carbonyl (C=O) groups is 1. The fourth-order valence-electron chi connectivity index (χ4n) is 2.50. The number of nitrogens with zero attached hydrogens (tertiary/aromatic N) is 3. The van der Waals surface area contributed by atoms with E-state index in [1.807, 2.05) is 26.0 Å². The number of carbonyl (C=O) groups excluding carboxylic acids is 1. The molecule has 3 heterocycles. The molecule has 7 heteroatoms. The summed E-state index contributed by atoms with van der Waals surface area (Å²) in [5.41, 5.74) is 7.62. The van der Waals surface area contributed by atoms with E-state index in [1.54, 1.807) is 17.3 Å². The number of pyridine rings is 1. The van der Waals surface area contributed by atoms with Gasteiger partial charge in [0, 0.05) is 25.4 Å². The number of hydrogen-bond donors (Lipinski definition) is 1. The summed E-state index contributed by atoms with van der Waals surface area (Å²) < 4.78 is 5.81. The van der Waals surface area contributed by atoms with E-state index in [9.17, 15) is 4.79 Å². The van der Waals surface area contributed by atoms with Gasteiger partial charge in [-0.1, -0.05) is 13.8 Å². The van der Waals surface area contributed by atoms with E-state index >= 15 is 0 Å². The van der Waals surface area contributed by atoms with Gasteiger partial charge >= 0.3 is 0 Å². The van der Waals surface area contributed by atoms with Crippen LogP contribution in [-0.4, -0.2) is 33.4 Å². The summed E-state index contributed by atoms with van der Waals surface area (Å²) in [6.07, 6.45) is 4.09. The van der Waals surface area contributed by atoms with Crippen molar-refractivity contribution in [3.8, 4) is 11.5 Å². The molecular formula is C16H21ClN4O2. The summed E-state index contributed by atoms with van der Waals surface area (Å²) in [7, 11) is 0. The Kier molecular flexibility index (Phi) is 5.38. The molecule has 23 heavy (non-hydrogen) atoms. The maximum atomic E-state index is 12.4. The number of hydrogen-bond acceptors (Lipinski definition) is 5.